The first-order chi connectivity index (χ1) is 9.90. The molecule has 1 aliphatic heterocycles. The SMILES string of the molecule is Cc1cc2c(C)c3ccc(N(C)C)cc3oc-2c(C)c1=O. The molecule has 3 heteroatoms. The van der Waals surface area contributed by atoms with E-state index in [0.29, 0.717) is 11.3 Å². The molecule has 0 saturated heterocycles. The summed E-state index contributed by atoms with van der Waals surface area (Å²) in [5.41, 5.74) is 5.59. The zero-order valence-corrected chi connectivity index (χ0v) is 13.1. The minimum Gasteiger partial charge on any atom is -0.456 e. The molecule has 108 valence electrons. The Balaban J connectivity index is 2.47. The third-order valence-corrected chi connectivity index (χ3v) is 4.15. The maximum absolute atomic E-state index is 12.1. The molecule has 3 nitrogen and oxygen atoms in total. The molecule has 0 N–H and O–H groups in total. The van der Waals surface area contributed by atoms with Gasteiger partial charge >= 0.3 is 0 Å². The number of hydrogen-bond acceptors (Lipinski definition) is 3. The Labute approximate surface area is 124 Å². The van der Waals surface area contributed by atoms with Gasteiger partial charge in [0.1, 0.15) is 11.3 Å². The number of aryl methyl sites for hydroxylation is 2. The second-order valence-corrected chi connectivity index (χ2v) is 5.83. The Hall–Kier alpha value is -2.29. The second kappa shape index (κ2) is 4.62. The van der Waals surface area contributed by atoms with Gasteiger partial charge in [-0.2, -0.15) is 0 Å². The first kappa shape index (κ1) is 13.7. The molecule has 0 bridgehead atoms. The lowest BCUT2D eigenvalue weighted by Gasteiger charge is -2.17. The van der Waals surface area contributed by atoms with E-state index in [1.165, 1.54) is 0 Å². The molecular weight excluding hydrogens is 262 g/mol. The lowest BCUT2D eigenvalue weighted by Crippen LogP contribution is -2.11. The summed E-state index contributed by atoms with van der Waals surface area (Å²) in [7, 11) is 4.00. The molecule has 0 radical (unpaired) electrons. The van der Waals surface area contributed by atoms with E-state index < -0.39 is 0 Å². The van der Waals surface area contributed by atoms with Crippen molar-refractivity contribution >= 4 is 16.7 Å². The zero-order valence-electron chi connectivity index (χ0n) is 13.1. The average molecular weight is 281 g/mol. The molecule has 0 spiro atoms. The van der Waals surface area contributed by atoms with Crippen molar-refractivity contribution in [1.29, 1.82) is 0 Å². The van der Waals surface area contributed by atoms with Gasteiger partial charge in [-0.3, -0.25) is 4.79 Å². The largest absolute Gasteiger partial charge is 0.456 e. The molecular formula is C18H19NO2. The topological polar surface area (TPSA) is 33.5 Å². The predicted octanol–water partition coefficient (Wildman–Crippen LogP) is 3.89. The summed E-state index contributed by atoms with van der Waals surface area (Å²) in [6.45, 7) is 5.77. The quantitative estimate of drug-likeness (QED) is 0.634. The molecule has 0 saturated carbocycles. The number of anilines is 1. The highest BCUT2D eigenvalue weighted by Gasteiger charge is 2.18. The zero-order chi connectivity index (χ0) is 15.3. The number of hydrogen-bond donors (Lipinski definition) is 0. The molecule has 1 aromatic carbocycles. The van der Waals surface area contributed by atoms with Gasteiger partial charge in [-0.15, -0.1) is 0 Å². The van der Waals surface area contributed by atoms with Crippen LogP contribution in [-0.4, -0.2) is 14.1 Å². The monoisotopic (exact) mass is 281 g/mol. The van der Waals surface area contributed by atoms with Crippen molar-refractivity contribution in [2.24, 2.45) is 0 Å². The van der Waals surface area contributed by atoms with Crippen molar-refractivity contribution in [3.05, 3.63) is 51.2 Å². The lowest BCUT2D eigenvalue weighted by atomic mass is 9.95. The predicted molar refractivity (Wildman–Crippen MR) is 87.6 cm³/mol. The van der Waals surface area contributed by atoms with Gasteiger partial charge in [-0.05, 0) is 50.1 Å². The Morgan fingerprint density at radius 3 is 2.38 bits per heavy atom. The van der Waals surface area contributed by atoms with Crippen LogP contribution in [0.25, 0.3) is 22.3 Å². The molecule has 0 aromatic heterocycles. The van der Waals surface area contributed by atoms with E-state index in [-0.39, 0.29) is 5.43 Å². The van der Waals surface area contributed by atoms with Gasteiger partial charge in [-0.25, -0.2) is 0 Å². The van der Waals surface area contributed by atoms with E-state index in [0.717, 1.165) is 33.3 Å². The fourth-order valence-corrected chi connectivity index (χ4v) is 2.80. The van der Waals surface area contributed by atoms with Gasteiger partial charge in [0.25, 0.3) is 0 Å². The normalized spacial score (nSPS) is 11.3. The molecule has 2 aliphatic rings. The van der Waals surface area contributed by atoms with Crippen LogP contribution in [0.4, 0.5) is 5.69 Å². The van der Waals surface area contributed by atoms with Gasteiger partial charge in [-0.1, -0.05) is 0 Å². The minimum absolute atomic E-state index is 0.0637. The Morgan fingerprint density at radius 1 is 1.00 bits per heavy atom. The average Bonchev–Trinajstić information content (AvgIpc) is 2.46. The first-order valence-corrected chi connectivity index (χ1v) is 7.05. The van der Waals surface area contributed by atoms with Gasteiger partial charge in [0.2, 0.25) is 0 Å². The molecule has 0 atom stereocenters. The van der Waals surface area contributed by atoms with Crippen molar-refractivity contribution in [3.63, 3.8) is 0 Å². The maximum atomic E-state index is 12.1. The maximum Gasteiger partial charge on any atom is 0.188 e. The van der Waals surface area contributed by atoms with E-state index in [9.17, 15) is 4.79 Å². The van der Waals surface area contributed by atoms with Gasteiger partial charge in [0.05, 0.1) is 0 Å². The van der Waals surface area contributed by atoms with Crippen LogP contribution in [0, 0.1) is 20.8 Å². The highest BCUT2D eigenvalue weighted by molar-refractivity contribution is 5.90. The smallest absolute Gasteiger partial charge is 0.188 e. The van der Waals surface area contributed by atoms with Crippen LogP contribution in [0.1, 0.15) is 16.7 Å². The van der Waals surface area contributed by atoms with Gasteiger partial charge < -0.3 is 9.32 Å². The van der Waals surface area contributed by atoms with Crippen molar-refractivity contribution in [3.8, 4) is 11.3 Å². The summed E-state index contributed by atoms with van der Waals surface area (Å²) in [6, 6.07) is 8.12. The molecule has 0 fully saturated rings. The van der Waals surface area contributed by atoms with E-state index in [2.05, 4.69) is 19.1 Å². The van der Waals surface area contributed by atoms with E-state index in [4.69, 9.17) is 4.42 Å². The molecule has 1 aromatic rings. The van der Waals surface area contributed by atoms with Crippen molar-refractivity contribution in [2.75, 3.05) is 19.0 Å². The number of benzene rings is 2. The van der Waals surface area contributed by atoms with Crippen molar-refractivity contribution < 1.29 is 4.42 Å². The fraction of sp³-hybridized carbons (Fsp3) is 0.278. The van der Waals surface area contributed by atoms with Crippen LogP contribution >= 0.6 is 0 Å². The summed E-state index contributed by atoms with van der Waals surface area (Å²) < 4.78 is 6.06. The van der Waals surface area contributed by atoms with Crippen LogP contribution in [0.3, 0.4) is 0 Å². The first-order valence-electron chi connectivity index (χ1n) is 7.05. The van der Waals surface area contributed by atoms with Crippen molar-refractivity contribution in [2.45, 2.75) is 20.8 Å². The molecule has 0 amide bonds. The number of rotatable bonds is 1. The highest BCUT2D eigenvalue weighted by atomic mass is 16.3. The summed E-state index contributed by atoms with van der Waals surface area (Å²) in [5, 5.41) is 1.09. The lowest BCUT2D eigenvalue weighted by molar-refractivity contribution is 0.613. The summed E-state index contributed by atoms with van der Waals surface area (Å²) in [4.78, 5) is 14.2. The van der Waals surface area contributed by atoms with Crippen LogP contribution in [0.15, 0.2) is 33.5 Å². The second-order valence-electron chi connectivity index (χ2n) is 5.83. The van der Waals surface area contributed by atoms with E-state index in [1.807, 2.05) is 45.0 Å². The summed E-state index contributed by atoms with van der Waals surface area (Å²) >= 11 is 0. The van der Waals surface area contributed by atoms with Crippen LogP contribution in [0.5, 0.6) is 0 Å². The summed E-state index contributed by atoms with van der Waals surface area (Å²) in [5.74, 6) is 0.700. The van der Waals surface area contributed by atoms with Gasteiger partial charge in [0, 0.05) is 42.4 Å². The summed E-state index contributed by atoms with van der Waals surface area (Å²) in [6.07, 6.45) is 0. The third-order valence-electron chi connectivity index (χ3n) is 4.15. The van der Waals surface area contributed by atoms with E-state index in [1.54, 1.807) is 0 Å². The Kier molecular flexibility index (Phi) is 3.01. The van der Waals surface area contributed by atoms with Gasteiger partial charge in [0.15, 0.2) is 5.43 Å². The number of fused-ring (bicyclic) bond motifs is 2. The Morgan fingerprint density at radius 2 is 1.71 bits per heavy atom. The highest BCUT2D eigenvalue weighted by Crippen LogP contribution is 2.35. The van der Waals surface area contributed by atoms with Crippen LogP contribution < -0.4 is 10.3 Å². The minimum atomic E-state index is 0.0637. The molecule has 1 aliphatic carbocycles. The standard InChI is InChI=1S/C18H19NO2/c1-10-8-15-11(2)14-7-6-13(19(4)5)9-16(14)21-18(15)12(3)17(10)20/h6-9H,1-5H3. The van der Waals surface area contributed by atoms with Crippen LogP contribution in [-0.2, 0) is 0 Å². The number of nitrogens with zero attached hydrogens (tertiary/aromatic N) is 1. The molecule has 21 heavy (non-hydrogen) atoms. The third kappa shape index (κ3) is 2.00. The van der Waals surface area contributed by atoms with Crippen molar-refractivity contribution in [1.82, 2.24) is 0 Å². The molecule has 1 heterocycles. The molecule has 0 unspecified atom stereocenters. The Bertz CT molecular complexity index is 875. The van der Waals surface area contributed by atoms with Crippen LogP contribution in [0.2, 0.25) is 0 Å². The molecule has 3 rings (SSSR count). The fourth-order valence-electron chi connectivity index (χ4n) is 2.80. The van der Waals surface area contributed by atoms with E-state index >= 15 is 0 Å².